The Bertz CT molecular complexity index is 1250. The number of benzene rings is 2. The molecule has 0 bridgehead atoms. The molecule has 0 aliphatic carbocycles. The van der Waals surface area contributed by atoms with Gasteiger partial charge in [-0.15, -0.1) is 0 Å². The summed E-state index contributed by atoms with van der Waals surface area (Å²) in [5, 5.41) is 5.39. The molecule has 2 aromatic carbocycles. The molecule has 0 unspecified atom stereocenters. The number of halogens is 2. The first-order chi connectivity index (χ1) is 18.1. The van der Waals surface area contributed by atoms with E-state index in [1.165, 1.54) is 31.7 Å². The van der Waals surface area contributed by atoms with Gasteiger partial charge in [0.15, 0.2) is 12.2 Å². The number of aromatic nitrogens is 1. The molecule has 0 saturated carbocycles. The van der Waals surface area contributed by atoms with Crippen molar-refractivity contribution < 1.29 is 27.5 Å². The minimum absolute atomic E-state index is 0.0739. The molecular weight excluding hydrogens is 496 g/mol. The molecule has 1 fully saturated rings. The molecule has 2 heterocycles. The Morgan fingerprint density at radius 1 is 1.05 bits per heavy atom. The van der Waals surface area contributed by atoms with E-state index in [-0.39, 0.29) is 12.1 Å². The Hall–Kier alpha value is -3.83. The fourth-order valence-corrected chi connectivity index (χ4v) is 4.48. The summed E-state index contributed by atoms with van der Waals surface area (Å²) in [6.07, 6.45) is 2.86. The van der Waals surface area contributed by atoms with Crippen LogP contribution in [0.4, 0.5) is 14.5 Å². The van der Waals surface area contributed by atoms with Crippen molar-refractivity contribution in [2.45, 2.75) is 25.9 Å². The zero-order chi connectivity index (χ0) is 27.3. The first-order valence-electron chi connectivity index (χ1n) is 12.2. The minimum Gasteiger partial charge on any atom is -0.496 e. The molecule has 0 atom stereocenters. The summed E-state index contributed by atoms with van der Waals surface area (Å²) in [5.74, 6) is -1.68. The molecule has 0 radical (unpaired) electrons. The highest BCUT2D eigenvalue weighted by molar-refractivity contribution is 6.39. The maximum Gasteiger partial charge on any atom is 0.313 e. The van der Waals surface area contributed by atoms with Gasteiger partial charge in [0, 0.05) is 62.1 Å². The third kappa shape index (κ3) is 6.73. The fourth-order valence-electron chi connectivity index (χ4n) is 4.48. The topological polar surface area (TPSA) is 99.9 Å². The number of amides is 2. The van der Waals surface area contributed by atoms with Crippen molar-refractivity contribution in [3.63, 3.8) is 0 Å². The van der Waals surface area contributed by atoms with Gasteiger partial charge >= 0.3 is 11.8 Å². The Morgan fingerprint density at radius 2 is 1.74 bits per heavy atom. The molecule has 1 saturated heterocycles. The number of nitrogens with one attached hydrogen (secondary N) is 2. The SMILES string of the molecule is COc1cc(NC(=O)C(=O)NC(C)(C)CN2CCN(Cc3c(F)cccc3F)CC2)ccc1-c1cnco1. The van der Waals surface area contributed by atoms with Crippen molar-refractivity contribution in [2.24, 2.45) is 0 Å². The summed E-state index contributed by atoms with van der Waals surface area (Å²) in [7, 11) is 1.49. The Balaban J connectivity index is 1.27. The number of ether oxygens (including phenoxy) is 1. The first-order valence-corrected chi connectivity index (χ1v) is 12.2. The third-order valence-corrected chi connectivity index (χ3v) is 6.34. The second kappa shape index (κ2) is 11.7. The minimum atomic E-state index is -0.802. The van der Waals surface area contributed by atoms with Gasteiger partial charge in [-0.1, -0.05) is 6.07 Å². The second-order valence-electron chi connectivity index (χ2n) is 9.83. The van der Waals surface area contributed by atoms with Gasteiger partial charge in [-0.25, -0.2) is 13.8 Å². The lowest BCUT2D eigenvalue weighted by molar-refractivity contribution is -0.137. The number of nitrogens with zero attached hydrogens (tertiary/aromatic N) is 3. The largest absolute Gasteiger partial charge is 0.496 e. The fraction of sp³-hybridized carbons (Fsp3) is 0.370. The van der Waals surface area contributed by atoms with E-state index >= 15 is 0 Å². The van der Waals surface area contributed by atoms with E-state index in [0.29, 0.717) is 55.5 Å². The van der Waals surface area contributed by atoms with Gasteiger partial charge in [-0.3, -0.25) is 19.4 Å². The number of oxazole rings is 1. The maximum absolute atomic E-state index is 14.0. The van der Waals surface area contributed by atoms with E-state index in [2.05, 4.69) is 20.5 Å². The summed E-state index contributed by atoms with van der Waals surface area (Å²) >= 11 is 0. The van der Waals surface area contributed by atoms with E-state index < -0.39 is 29.0 Å². The second-order valence-corrected chi connectivity index (χ2v) is 9.83. The first kappa shape index (κ1) is 27.2. The molecular formula is C27H31F2N5O4. The smallest absolute Gasteiger partial charge is 0.313 e. The van der Waals surface area contributed by atoms with Gasteiger partial charge in [0.1, 0.15) is 17.4 Å². The molecule has 38 heavy (non-hydrogen) atoms. The standard InChI is InChI=1S/C27H31F2N5O4/c1-27(2,16-34-11-9-33(10-12-34)15-20-21(28)5-4-6-22(20)29)32-26(36)25(35)31-18-7-8-19(23(13-18)37-3)24-14-30-17-38-24/h4-8,13-14,17H,9-12,15-16H2,1-3H3,(H,31,35)(H,32,36). The van der Waals surface area contributed by atoms with E-state index in [1.807, 2.05) is 18.7 Å². The highest BCUT2D eigenvalue weighted by atomic mass is 19.1. The van der Waals surface area contributed by atoms with Crippen LogP contribution in [-0.2, 0) is 16.1 Å². The summed E-state index contributed by atoms with van der Waals surface area (Å²) in [6.45, 7) is 6.99. The van der Waals surface area contributed by atoms with Gasteiger partial charge < -0.3 is 19.8 Å². The highest BCUT2D eigenvalue weighted by Gasteiger charge is 2.29. The van der Waals surface area contributed by atoms with Gasteiger partial charge in [0.25, 0.3) is 0 Å². The average molecular weight is 528 g/mol. The summed E-state index contributed by atoms with van der Waals surface area (Å²) in [4.78, 5) is 33.3. The van der Waals surface area contributed by atoms with Crippen LogP contribution in [0.5, 0.6) is 5.75 Å². The summed E-state index contributed by atoms with van der Waals surface area (Å²) in [5.41, 5.74) is 0.435. The summed E-state index contributed by atoms with van der Waals surface area (Å²) in [6, 6.07) is 8.83. The van der Waals surface area contributed by atoms with Crippen LogP contribution in [0.1, 0.15) is 19.4 Å². The summed E-state index contributed by atoms with van der Waals surface area (Å²) < 4.78 is 38.6. The van der Waals surface area contributed by atoms with E-state index in [9.17, 15) is 18.4 Å². The van der Waals surface area contributed by atoms with Crippen molar-refractivity contribution in [3.05, 3.63) is 66.2 Å². The number of methoxy groups -OCH3 is 1. The Kier molecular flexibility index (Phi) is 8.38. The molecule has 0 spiro atoms. The van der Waals surface area contributed by atoms with Gasteiger partial charge in [0.05, 0.1) is 18.9 Å². The molecule has 1 aliphatic rings. The normalized spacial score (nSPS) is 14.8. The van der Waals surface area contributed by atoms with E-state index in [1.54, 1.807) is 24.4 Å². The number of rotatable bonds is 8. The molecule has 2 amide bonds. The molecule has 1 aliphatic heterocycles. The Morgan fingerprint density at radius 3 is 2.37 bits per heavy atom. The van der Waals surface area contributed by atoms with E-state index in [0.717, 1.165) is 0 Å². The van der Waals surface area contributed by atoms with Gasteiger partial charge in [-0.05, 0) is 38.1 Å². The average Bonchev–Trinajstić information content (AvgIpc) is 3.41. The van der Waals surface area contributed by atoms with E-state index in [4.69, 9.17) is 9.15 Å². The molecule has 4 rings (SSSR count). The van der Waals surface area contributed by atoms with Crippen molar-refractivity contribution in [2.75, 3.05) is 45.2 Å². The zero-order valence-electron chi connectivity index (χ0n) is 21.6. The van der Waals surface area contributed by atoms with Gasteiger partial charge in [-0.2, -0.15) is 0 Å². The number of hydrogen-bond acceptors (Lipinski definition) is 7. The number of carbonyl (C=O) groups excluding carboxylic acids is 2. The van der Waals surface area contributed by atoms with Crippen molar-refractivity contribution in [1.29, 1.82) is 0 Å². The zero-order valence-corrected chi connectivity index (χ0v) is 21.6. The van der Waals surface area contributed by atoms with Crippen LogP contribution < -0.4 is 15.4 Å². The van der Waals surface area contributed by atoms with Gasteiger partial charge in [0.2, 0.25) is 0 Å². The third-order valence-electron chi connectivity index (χ3n) is 6.34. The van der Waals surface area contributed by atoms with Crippen LogP contribution in [0.3, 0.4) is 0 Å². The number of piperazine rings is 1. The van der Waals surface area contributed by atoms with Crippen LogP contribution >= 0.6 is 0 Å². The molecule has 9 nitrogen and oxygen atoms in total. The number of hydrogen-bond donors (Lipinski definition) is 2. The van der Waals surface area contributed by atoms with Crippen molar-refractivity contribution in [1.82, 2.24) is 20.1 Å². The van der Waals surface area contributed by atoms with Crippen LogP contribution in [-0.4, -0.2) is 72.0 Å². The van der Waals surface area contributed by atoms with Crippen LogP contribution in [0.2, 0.25) is 0 Å². The monoisotopic (exact) mass is 527 g/mol. The highest BCUT2D eigenvalue weighted by Crippen LogP contribution is 2.32. The maximum atomic E-state index is 14.0. The lowest BCUT2D eigenvalue weighted by Crippen LogP contribution is -2.57. The van der Waals surface area contributed by atoms with Crippen LogP contribution in [0.15, 0.2) is 53.4 Å². The predicted molar refractivity (Wildman–Crippen MR) is 137 cm³/mol. The Labute approximate surface area is 219 Å². The number of anilines is 1. The molecule has 2 N–H and O–H groups in total. The van der Waals surface area contributed by atoms with Crippen molar-refractivity contribution >= 4 is 17.5 Å². The predicted octanol–water partition coefficient (Wildman–Crippen LogP) is 3.28. The number of carbonyl (C=O) groups is 2. The van der Waals surface area contributed by atoms with Crippen LogP contribution in [0, 0.1) is 11.6 Å². The molecule has 202 valence electrons. The lowest BCUT2D eigenvalue weighted by atomic mass is 10.0. The molecule has 1 aromatic heterocycles. The quantitative estimate of drug-likeness (QED) is 0.434. The van der Waals surface area contributed by atoms with Crippen LogP contribution in [0.25, 0.3) is 11.3 Å². The molecule has 11 heteroatoms. The van der Waals surface area contributed by atoms with Crippen molar-refractivity contribution in [3.8, 4) is 17.1 Å². The molecule has 3 aromatic rings. The lowest BCUT2D eigenvalue weighted by Gasteiger charge is -2.39.